The number of amides is 2. The van der Waals surface area contributed by atoms with Crippen molar-refractivity contribution < 1.29 is 23.9 Å². The Balaban J connectivity index is 2.07. The summed E-state index contributed by atoms with van der Waals surface area (Å²) < 4.78 is 12.9. The number of carboxylic acid groups (broad SMARTS) is 1. The number of carbonyl (C=O) groups is 3. The molecule has 0 spiro atoms. The average molecular weight is 322 g/mol. The molecule has 0 radical (unpaired) electrons. The Morgan fingerprint density at radius 1 is 1.30 bits per heavy atom. The SMILES string of the molecule is CC(C)[C@@H](NC(=O)C1CCN(c2ccc(F)cc2)C1=O)C(=O)O. The van der Waals surface area contributed by atoms with Gasteiger partial charge in [0.2, 0.25) is 11.8 Å². The van der Waals surface area contributed by atoms with Gasteiger partial charge in [0, 0.05) is 12.2 Å². The number of nitrogens with zero attached hydrogens (tertiary/aromatic N) is 1. The van der Waals surface area contributed by atoms with Crippen LogP contribution in [0, 0.1) is 17.7 Å². The Bertz CT molecular complexity index is 615. The number of rotatable bonds is 5. The highest BCUT2D eigenvalue weighted by Gasteiger charge is 2.39. The summed E-state index contributed by atoms with van der Waals surface area (Å²) in [6.07, 6.45) is 0.298. The maximum Gasteiger partial charge on any atom is 0.326 e. The molecule has 2 atom stereocenters. The average Bonchev–Trinajstić information content (AvgIpc) is 2.86. The van der Waals surface area contributed by atoms with Gasteiger partial charge in [0.15, 0.2) is 0 Å². The first-order valence-electron chi connectivity index (χ1n) is 7.41. The van der Waals surface area contributed by atoms with Gasteiger partial charge in [-0.25, -0.2) is 9.18 Å². The Morgan fingerprint density at radius 2 is 1.91 bits per heavy atom. The fourth-order valence-electron chi connectivity index (χ4n) is 2.57. The van der Waals surface area contributed by atoms with Gasteiger partial charge < -0.3 is 15.3 Å². The van der Waals surface area contributed by atoms with E-state index in [0.29, 0.717) is 18.7 Å². The van der Waals surface area contributed by atoms with E-state index in [0.717, 1.165) is 0 Å². The number of hydrogen-bond acceptors (Lipinski definition) is 3. The third-order valence-corrected chi connectivity index (χ3v) is 3.89. The van der Waals surface area contributed by atoms with Gasteiger partial charge in [0.25, 0.3) is 0 Å². The van der Waals surface area contributed by atoms with E-state index in [-0.39, 0.29) is 5.92 Å². The molecule has 1 fully saturated rings. The predicted octanol–water partition coefficient (Wildman–Crippen LogP) is 1.40. The molecule has 1 aromatic carbocycles. The summed E-state index contributed by atoms with van der Waals surface area (Å²) in [6, 6.07) is 4.41. The number of aliphatic carboxylic acids is 1. The first-order chi connectivity index (χ1) is 10.8. The first-order valence-corrected chi connectivity index (χ1v) is 7.41. The van der Waals surface area contributed by atoms with Gasteiger partial charge >= 0.3 is 5.97 Å². The molecule has 0 aromatic heterocycles. The quantitative estimate of drug-likeness (QED) is 0.802. The van der Waals surface area contributed by atoms with Crippen molar-refractivity contribution in [1.29, 1.82) is 0 Å². The standard InChI is InChI=1S/C16H19FN2O4/c1-9(2)13(16(22)23)18-14(20)12-7-8-19(15(12)21)11-5-3-10(17)4-6-11/h3-6,9,12-13H,7-8H2,1-2H3,(H,18,20)(H,22,23)/t12?,13-/m1/s1. The van der Waals surface area contributed by atoms with Crippen LogP contribution in [0.25, 0.3) is 0 Å². The molecule has 1 aliphatic rings. The van der Waals surface area contributed by atoms with Crippen LogP contribution in [0.15, 0.2) is 24.3 Å². The molecule has 0 aliphatic carbocycles. The number of anilines is 1. The van der Waals surface area contributed by atoms with Crippen LogP contribution in [0.1, 0.15) is 20.3 Å². The van der Waals surface area contributed by atoms with Crippen molar-refractivity contribution in [3.8, 4) is 0 Å². The number of carbonyl (C=O) groups excluding carboxylic acids is 2. The predicted molar refractivity (Wildman–Crippen MR) is 81.3 cm³/mol. The zero-order valence-corrected chi connectivity index (χ0v) is 13.0. The highest BCUT2D eigenvalue weighted by molar-refractivity contribution is 6.10. The van der Waals surface area contributed by atoms with Crippen molar-refractivity contribution in [3.63, 3.8) is 0 Å². The van der Waals surface area contributed by atoms with Gasteiger partial charge in [-0.3, -0.25) is 9.59 Å². The zero-order valence-electron chi connectivity index (χ0n) is 13.0. The van der Waals surface area contributed by atoms with E-state index in [1.54, 1.807) is 13.8 Å². The van der Waals surface area contributed by atoms with E-state index in [9.17, 15) is 18.8 Å². The number of halogens is 1. The van der Waals surface area contributed by atoms with Crippen molar-refractivity contribution in [2.75, 3.05) is 11.4 Å². The highest BCUT2D eigenvalue weighted by atomic mass is 19.1. The maximum absolute atomic E-state index is 12.9. The van der Waals surface area contributed by atoms with Gasteiger partial charge in [-0.2, -0.15) is 0 Å². The van der Waals surface area contributed by atoms with Gasteiger partial charge in [-0.15, -0.1) is 0 Å². The Labute approximate surface area is 133 Å². The smallest absolute Gasteiger partial charge is 0.326 e. The summed E-state index contributed by atoms with van der Waals surface area (Å²) in [4.78, 5) is 37.2. The molecule has 1 unspecified atom stereocenters. The molecule has 1 heterocycles. The molecule has 23 heavy (non-hydrogen) atoms. The number of carboxylic acids is 1. The molecule has 1 aliphatic heterocycles. The summed E-state index contributed by atoms with van der Waals surface area (Å²) >= 11 is 0. The Kier molecular flexibility index (Phi) is 4.98. The topological polar surface area (TPSA) is 86.7 Å². The molecule has 7 heteroatoms. The molecule has 2 rings (SSSR count). The minimum Gasteiger partial charge on any atom is -0.480 e. The fourth-order valence-corrected chi connectivity index (χ4v) is 2.57. The van der Waals surface area contributed by atoms with E-state index < -0.39 is 35.6 Å². The van der Waals surface area contributed by atoms with Crippen LogP contribution in [-0.2, 0) is 14.4 Å². The monoisotopic (exact) mass is 322 g/mol. The van der Waals surface area contributed by atoms with Crippen molar-refractivity contribution in [3.05, 3.63) is 30.1 Å². The second-order valence-electron chi connectivity index (χ2n) is 5.88. The lowest BCUT2D eigenvalue weighted by Crippen LogP contribution is -2.48. The van der Waals surface area contributed by atoms with Crippen molar-refractivity contribution >= 4 is 23.5 Å². The molecule has 1 saturated heterocycles. The highest BCUT2D eigenvalue weighted by Crippen LogP contribution is 2.25. The lowest BCUT2D eigenvalue weighted by atomic mass is 10.0. The first kappa shape index (κ1) is 16.9. The largest absolute Gasteiger partial charge is 0.480 e. The fraction of sp³-hybridized carbons (Fsp3) is 0.438. The molecular weight excluding hydrogens is 303 g/mol. The van der Waals surface area contributed by atoms with Crippen molar-refractivity contribution in [2.24, 2.45) is 11.8 Å². The molecular formula is C16H19FN2O4. The van der Waals surface area contributed by atoms with Gasteiger partial charge in [0.05, 0.1) is 0 Å². The van der Waals surface area contributed by atoms with Crippen molar-refractivity contribution in [2.45, 2.75) is 26.3 Å². The molecule has 2 N–H and O–H groups in total. The number of nitrogens with one attached hydrogen (secondary N) is 1. The maximum atomic E-state index is 12.9. The Hall–Kier alpha value is -2.44. The summed E-state index contributed by atoms with van der Waals surface area (Å²) in [5.74, 6) is -3.73. The second kappa shape index (κ2) is 6.76. The van der Waals surface area contributed by atoms with E-state index in [1.807, 2.05) is 0 Å². The van der Waals surface area contributed by atoms with E-state index in [1.165, 1.54) is 29.2 Å². The van der Waals surface area contributed by atoms with Crippen molar-refractivity contribution in [1.82, 2.24) is 5.32 Å². The summed E-state index contributed by atoms with van der Waals surface area (Å²) in [5.41, 5.74) is 0.519. The molecule has 2 amide bonds. The lowest BCUT2D eigenvalue weighted by molar-refractivity contribution is -0.144. The van der Waals surface area contributed by atoms with Gasteiger partial charge in [0.1, 0.15) is 17.8 Å². The number of hydrogen-bond donors (Lipinski definition) is 2. The molecule has 0 bridgehead atoms. The van der Waals surface area contributed by atoms with Crippen LogP contribution in [0.4, 0.5) is 10.1 Å². The minimum absolute atomic E-state index is 0.291. The van der Waals surface area contributed by atoms with E-state index in [2.05, 4.69) is 5.32 Å². The number of benzene rings is 1. The van der Waals surface area contributed by atoms with E-state index in [4.69, 9.17) is 5.11 Å². The van der Waals surface area contributed by atoms with Crippen LogP contribution in [0.3, 0.4) is 0 Å². The third kappa shape index (κ3) is 3.67. The van der Waals surface area contributed by atoms with Crippen LogP contribution in [-0.4, -0.2) is 35.5 Å². The third-order valence-electron chi connectivity index (χ3n) is 3.89. The van der Waals surface area contributed by atoms with Gasteiger partial charge in [-0.1, -0.05) is 13.8 Å². The van der Waals surface area contributed by atoms with Crippen LogP contribution in [0.2, 0.25) is 0 Å². The molecule has 6 nitrogen and oxygen atoms in total. The lowest BCUT2D eigenvalue weighted by Gasteiger charge is -2.20. The summed E-state index contributed by atoms with van der Waals surface area (Å²) in [7, 11) is 0. The second-order valence-corrected chi connectivity index (χ2v) is 5.88. The van der Waals surface area contributed by atoms with Gasteiger partial charge in [-0.05, 0) is 36.6 Å². The molecule has 0 saturated carbocycles. The summed E-state index contributed by atoms with van der Waals surface area (Å²) in [5, 5.41) is 11.5. The zero-order chi connectivity index (χ0) is 17.1. The molecule has 124 valence electrons. The van der Waals surface area contributed by atoms with E-state index >= 15 is 0 Å². The Morgan fingerprint density at radius 3 is 2.43 bits per heavy atom. The van der Waals surface area contributed by atoms with Crippen LogP contribution in [0.5, 0.6) is 0 Å². The van der Waals surface area contributed by atoms with Crippen LogP contribution >= 0.6 is 0 Å². The summed E-state index contributed by atoms with van der Waals surface area (Å²) in [6.45, 7) is 3.70. The van der Waals surface area contributed by atoms with Crippen LogP contribution < -0.4 is 10.2 Å². The normalized spacial score (nSPS) is 19.0. The molecule has 1 aromatic rings. The minimum atomic E-state index is -1.13.